The molecule has 5 rings (SSSR count). The van der Waals surface area contributed by atoms with E-state index in [1.807, 2.05) is 81.6 Å². The van der Waals surface area contributed by atoms with Crippen LogP contribution >= 0.6 is 11.8 Å². The number of hydrogen-bond donors (Lipinski definition) is 1. The lowest BCUT2D eigenvalue weighted by Crippen LogP contribution is -2.36. The minimum absolute atomic E-state index is 0.308. The molecule has 0 saturated carbocycles. The van der Waals surface area contributed by atoms with E-state index in [0.29, 0.717) is 17.1 Å². The van der Waals surface area contributed by atoms with Gasteiger partial charge in [0.25, 0.3) is 11.1 Å². The maximum atomic E-state index is 13.1. The van der Waals surface area contributed by atoms with Crippen molar-refractivity contribution in [3.63, 3.8) is 0 Å². The smallest absolute Gasteiger partial charge is 0.294 e. The molecule has 1 aliphatic heterocycles. The fourth-order valence-corrected chi connectivity index (χ4v) is 5.61. The molecule has 1 saturated heterocycles. The molecule has 3 aromatic carbocycles. The number of rotatable bonds is 6. The first-order valence-electron chi connectivity index (χ1n) is 12.0. The minimum Gasteiger partial charge on any atom is -0.342 e. The summed E-state index contributed by atoms with van der Waals surface area (Å²) in [5.41, 5.74) is 6.75. The Morgan fingerprint density at radius 1 is 0.946 bits per heavy atom. The topological polar surface area (TPSA) is 71.4 Å². The largest absolute Gasteiger partial charge is 0.342 e. The van der Waals surface area contributed by atoms with Crippen molar-refractivity contribution in [1.29, 1.82) is 0 Å². The molecule has 0 unspecified atom stereocenters. The van der Waals surface area contributed by atoms with E-state index < -0.39 is 17.1 Å². The van der Waals surface area contributed by atoms with Gasteiger partial charge in [0.2, 0.25) is 5.91 Å². The zero-order chi connectivity index (χ0) is 26.1. The van der Waals surface area contributed by atoms with E-state index in [0.717, 1.165) is 49.8 Å². The van der Waals surface area contributed by atoms with Crippen LogP contribution in [0, 0.1) is 20.8 Å². The summed E-state index contributed by atoms with van der Waals surface area (Å²) >= 11 is 0.864. The van der Waals surface area contributed by atoms with Crippen LogP contribution in [0.4, 0.5) is 10.5 Å². The van der Waals surface area contributed by atoms with Gasteiger partial charge in [-0.1, -0.05) is 66.2 Å². The molecule has 4 aromatic rings. The zero-order valence-corrected chi connectivity index (χ0v) is 21.8. The van der Waals surface area contributed by atoms with Crippen molar-refractivity contribution in [3.8, 4) is 0 Å². The second-order valence-electron chi connectivity index (χ2n) is 9.30. The van der Waals surface area contributed by atoms with Crippen molar-refractivity contribution in [2.24, 2.45) is 0 Å². The number of carbonyl (C=O) groups is 3. The number of fused-ring (bicyclic) bond motifs is 1. The lowest BCUT2D eigenvalue weighted by Gasteiger charge is -2.15. The second-order valence-corrected chi connectivity index (χ2v) is 10.3. The number of imide groups is 1. The molecule has 1 aromatic heterocycles. The summed E-state index contributed by atoms with van der Waals surface area (Å²) in [6.45, 7) is 6.20. The van der Waals surface area contributed by atoms with Crippen LogP contribution in [0.5, 0.6) is 0 Å². The Labute approximate surface area is 220 Å². The first kappa shape index (κ1) is 24.6. The Morgan fingerprint density at radius 3 is 2.35 bits per heavy atom. The molecule has 7 heteroatoms. The van der Waals surface area contributed by atoms with Gasteiger partial charge in [0, 0.05) is 34.9 Å². The van der Waals surface area contributed by atoms with Crippen molar-refractivity contribution in [2.75, 3.05) is 11.9 Å². The standard InChI is InChI=1S/C30H27N3O3S/c1-19-13-20(2)28(21(3)14-19)31-27(34)18-33-29(35)26(37-30(33)36)15-23-17-32(16-22-9-5-4-6-10-22)25-12-8-7-11-24(23)25/h4-15,17H,16,18H2,1-3H3,(H,31,34)/b26-15-. The lowest BCUT2D eigenvalue weighted by molar-refractivity contribution is -0.127. The van der Waals surface area contributed by atoms with Gasteiger partial charge in [-0.05, 0) is 61.4 Å². The van der Waals surface area contributed by atoms with Gasteiger partial charge in [-0.2, -0.15) is 0 Å². The Balaban J connectivity index is 1.37. The number of anilines is 1. The summed E-state index contributed by atoms with van der Waals surface area (Å²) in [6.07, 6.45) is 3.75. The van der Waals surface area contributed by atoms with Gasteiger partial charge in [-0.15, -0.1) is 0 Å². The number of aromatic nitrogens is 1. The molecule has 0 spiro atoms. The SMILES string of the molecule is Cc1cc(C)c(NC(=O)CN2C(=O)S/C(=C\c3cn(Cc4ccccc4)c4ccccc34)C2=O)c(C)c1. The van der Waals surface area contributed by atoms with Crippen LogP contribution in [-0.4, -0.2) is 33.1 Å². The van der Waals surface area contributed by atoms with E-state index in [2.05, 4.69) is 22.0 Å². The van der Waals surface area contributed by atoms with Crippen LogP contribution in [0.25, 0.3) is 17.0 Å². The molecule has 1 aliphatic rings. The summed E-state index contributed by atoms with van der Waals surface area (Å²) in [7, 11) is 0. The maximum absolute atomic E-state index is 13.1. The van der Waals surface area contributed by atoms with E-state index in [-0.39, 0.29) is 6.54 Å². The summed E-state index contributed by atoms with van der Waals surface area (Å²) < 4.78 is 2.14. The third kappa shape index (κ3) is 5.08. The molecule has 3 amide bonds. The van der Waals surface area contributed by atoms with Gasteiger partial charge in [-0.25, -0.2) is 0 Å². The Hall–Kier alpha value is -4.10. The van der Waals surface area contributed by atoms with Gasteiger partial charge in [0.05, 0.1) is 4.91 Å². The predicted molar refractivity (Wildman–Crippen MR) is 149 cm³/mol. The highest BCUT2D eigenvalue weighted by Gasteiger charge is 2.36. The van der Waals surface area contributed by atoms with Crippen molar-refractivity contribution in [1.82, 2.24) is 9.47 Å². The zero-order valence-electron chi connectivity index (χ0n) is 20.9. The minimum atomic E-state index is -0.456. The Bertz CT molecular complexity index is 1550. The number of carbonyl (C=O) groups excluding carboxylic acids is 3. The molecule has 1 fully saturated rings. The predicted octanol–water partition coefficient (Wildman–Crippen LogP) is 6.29. The first-order chi connectivity index (χ1) is 17.8. The Morgan fingerprint density at radius 2 is 1.62 bits per heavy atom. The highest BCUT2D eigenvalue weighted by molar-refractivity contribution is 8.18. The molecule has 2 heterocycles. The molecular weight excluding hydrogens is 482 g/mol. The van der Waals surface area contributed by atoms with Gasteiger partial charge < -0.3 is 9.88 Å². The highest BCUT2D eigenvalue weighted by atomic mass is 32.2. The molecule has 186 valence electrons. The number of nitrogens with zero attached hydrogens (tertiary/aromatic N) is 2. The van der Waals surface area contributed by atoms with Gasteiger partial charge in [0.15, 0.2) is 0 Å². The number of benzene rings is 3. The number of para-hydroxylation sites is 1. The van der Waals surface area contributed by atoms with Crippen LogP contribution in [0.1, 0.15) is 27.8 Å². The number of amides is 3. The maximum Gasteiger partial charge on any atom is 0.294 e. The molecule has 1 N–H and O–H groups in total. The quantitative estimate of drug-likeness (QED) is 0.310. The van der Waals surface area contributed by atoms with Gasteiger partial charge in [-0.3, -0.25) is 19.3 Å². The molecule has 37 heavy (non-hydrogen) atoms. The van der Waals surface area contributed by atoms with Crippen molar-refractivity contribution in [3.05, 3.63) is 106 Å². The molecule has 0 bridgehead atoms. The number of aryl methyl sites for hydroxylation is 3. The first-order valence-corrected chi connectivity index (χ1v) is 12.9. The van der Waals surface area contributed by atoms with Crippen molar-refractivity contribution < 1.29 is 14.4 Å². The normalized spacial score (nSPS) is 14.7. The van der Waals surface area contributed by atoms with E-state index in [1.54, 1.807) is 6.08 Å². The average molecular weight is 510 g/mol. The average Bonchev–Trinajstić information content (AvgIpc) is 3.34. The summed E-state index contributed by atoms with van der Waals surface area (Å²) in [5, 5.41) is 3.42. The number of thioether (sulfide) groups is 1. The lowest BCUT2D eigenvalue weighted by atomic mass is 10.1. The molecule has 0 radical (unpaired) electrons. The van der Waals surface area contributed by atoms with Crippen LogP contribution in [0.15, 0.2) is 77.8 Å². The highest BCUT2D eigenvalue weighted by Crippen LogP contribution is 2.34. The second kappa shape index (κ2) is 10.1. The van der Waals surface area contributed by atoms with E-state index >= 15 is 0 Å². The van der Waals surface area contributed by atoms with Gasteiger partial charge in [0.1, 0.15) is 6.54 Å². The van der Waals surface area contributed by atoms with Crippen LogP contribution in [0.2, 0.25) is 0 Å². The van der Waals surface area contributed by atoms with E-state index in [1.165, 1.54) is 5.56 Å². The van der Waals surface area contributed by atoms with Gasteiger partial charge >= 0.3 is 0 Å². The summed E-state index contributed by atoms with van der Waals surface area (Å²) in [6, 6.07) is 22.1. The van der Waals surface area contributed by atoms with E-state index in [4.69, 9.17) is 0 Å². The monoisotopic (exact) mass is 509 g/mol. The third-order valence-electron chi connectivity index (χ3n) is 6.42. The number of hydrogen-bond acceptors (Lipinski definition) is 4. The molecular formula is C30H27N3O3S. The van der Waals surface area contributed by atoms with Crippen LogP contribution in [-0.2, 0) is 16.1 Å². The van der Waals surface area contributed by atoms with E-state index in [9.17, 15) is 14.4 Å². The fourth-order valence-electron chi connectivity index (χ4n) is 4.78. The summed E-state index contributed by atoms with van der Waals surface area (Å²) in [4.78, 5) is 39.9. The van der Waals surface area contributed by atoms with Crippen molar-refractivity contribution in [2.45, 2.75) is 27.3 Å². The van der Waals surface area contributed by atoms with Crippen LogP contribution in [0.3, 0.4) is 0 Å². The Kier molecular flexibility index (Phi) is 6.72. The fraction of sp³-hybridized carbons (Fsp3) is 0.167. The number of nitrogens with one attached hydrogen (secondary N) is 1. The molecule has 0 aliphatic carbocycles. The molecule has 0 atom stereocenters. The summed E-state index contributed by atoms with van der Waals surface area (Å²) in [5.74, 6) is -0.861. The van der Waals surface area contributed by atoms with Crippen molar-refractivity contribution >= 4 is 51.5 Å². The van der Waals surface area contributed by atoms with Crippen LogP contribution < -0.4 is 5.32 Å². The third-order valence-corrected chi connectivity index (χ3v) is 7.33. The molecule has 6 nitrogen and oxygen atoms in total.